The monoisotopic (exact) mass is 236 g/mol. The summed E-state index contributed by atoms with van der Waals surface area (Å²) in [5, 5.41) is 1.03. The van der Waals surface area contributed by atoms with Gasteiger partial charge in [-0.25, -0.2) is 4.98 Å². The van der Waals surface area contributed by atoms with Gasteiger partial charge in [0.05, 0.1) is 24.6 Å². The molecule has 0 aromatic carbocycles. The van der Waals surface area contributed by atoms with Crippen LogP contribution in [0.25, 0.3) is 0 Å². The van der Waals surface area contributed by atoms with Gasteiger partial charge < -0.3 is 9.47 Å². The smallest absolute Gasteiger partial charge is 0.201 e. The molecule has 16 heavy (non-hydrogen) atoms. The predicted octanol–water partition coefficient (Wildman–Crippen LogP) is 1.62. The number of hydrogen-bond acceptors (Lipinski definition) is 5. The van der Waals surface area contributed by atoms with Crippen LogP contribution >= 0.6 is 11.8 Å². The molecule has 0 unspecified atom stereocenters. The topological polar surface area (TPSA) is 43.7 Å². The van der Waals surface area contributed by atoms with Gasteiger partial charge in [-0.1, -0.05) is 6.07 Å². The van der Waals surface area contributed by atoms with Crippen LogP contribution in [-0.4, -0.2) is 35.5 Å². The molecule has 2 aliphatic heterocycles. The zero-order valence-electron chi connectivity index (χ0n) is 8.76. The first-order chi connectivity index (χ1) is 7.93. The van der Waals surface area contributed by atoms with Crippen LogP contribution in [-0.2, 0) is 9.47 Å². The SMILES string of the molecule is c1cc(C2=NCCS2)nc(C2OCCO2)c1. The summed E-state index contributed by atoms with van der Waals surface area (Å²) in [6.45, 7) is 2.18. The maximum Gasteiger partial charge on any atom is 0.201 e. The highest BCUT2D eigenvalue weighted by Crippen LogP contribution is 2.23. The molecule has 1 aromatic heterocycles. The number of pyridine rings is 1. The van der Waals surface area contributed by atoms with E-state index in [4.69, 9.17) is 9.47 Å². The van der Waals surface area contributed by atoms with Crippen molar-refractivity contribution in [1.82, 2.24) is 4.98 Å². The predicted molar refractivity (Wildman–Crippen MR) is 62.7 cm³/mol. The quantitative estimate of drug-likeness (QED) is 0.782. The van der Waals surface area contributed by atoms with Gasteiger partial charge in [0.1, 0.15) is 5.04 Å². The van der Waals surface area contributed by atoms with Gasteiger partial charge >= 0.3 is 0 Å². The van der Waals surface area contributed by atoms with Gasteiger partial charge in [-0.05, 0) is 12.1 Å². The molecule has 3 heterocycles. The van der Waals surface area contributed by atoms with Gasteiger partial charge in [0, 0.05) is 12.3 Å². The van der Waals surface area contributed by atoms with E-state index >= 15 is 0 Å². The van der Waals surface area contributed by atoms with E-state index in [1.54, 1.807) is 11.8 Å². The lowest BCUT2D eigenvalue weighted by Gasteiger charge is -2.09. The molecule has 4 nitrogen and oxygen atoms in total. The van der Waals surface area contributed by atoms with E-state index in [-0.39, 0.29) is 6.29 Å². The molecule has 0 amide bonds. The third-order valence-electron chi connectivity index (χ3n) is 2.44. The van der Waals surface area contributed by atoms with Crippen molar-refractivity contribution in [3.8, 4) is 0 Å². The molecule has 0 spiro atoms. The lowest BCUT2D eigenvalue weighted by atomic mass is 10.3. The molecule has 0 atom stereocenters. The molecule has 5 heteroatoms. The van der Waals surface area contributed by atoms with Crippen LogP contribution in [0.2, 0.25) is 0 Å². The molecular formula is C11H12N2O2S. The van der Waals surface area contributed by atoms with Crippen LogP contribution < -0.4 is 0 Å². The van der Waals surface area contributed by atoms with Gasteiger partial charge in [-0.3, -0.25) is 4.99 Å². The number of thioether (sulfide) groups is 1. The van der Waals surface area contributed by atoms with Gasteiger partial charge in [0.25, 0.3) is 0 Å². The zero-order valence-corrected chi connectivity index (χ0v) is 9.57. The van der Waals surface area contributed by atoms with Crippen LogP contribution in [0.15, 0.2) is 23.2 Å². The maximum atomic E-state index is 5.43. The minimum atomic E-state index is -0.299. The average molecular weight is 236 g/mol. The summed E-state index contributed by atoms with van der Waals surface area (Å²) in [6, 6.07) is 5.89. The van der Waals surface area contributed by atoms with Crippen LogP contribution in [0, 0.1) is 0 Å². The fourth-order valence-corrected chi connectivity index (χ4v) is 2.54. The van der Waals surface area contributed by atoms with Gasteiger partial charge in [0.15, 0.2) is 0 Å². The molecule has 1 saturated heterocycles. The number of aliphatic imine (C=N–C) groups is 1. The number of rotatable bonds is 2. The highest BCUT2D eigenvalue weighted by atomic mass is 32.2. The number of ether oxygens (including phenoxy) is 2. The third kappa shape index (κ3) is 1.98. The van der Waals surface area contributed by atoms with E-state index in [2.05, 4.69) is 9.98 Å². The molecule has 1 aromatic rings. The molecule has 2 aliphatic rings. The largest absolute Gasteiger partial charge is 0.345 e. The summed E-state index contributed by atoms with van der Waals surface area (Å²) in [5.74, 6) is 1.05. The van der Waals surface area contributed by atoms with Crippen LogP contribution in [0.4, 0.5) is 0 Å². The highest BCUT2D eigenvalue weighted by Gasteiger charge is 2.21. The lowest BCUT2D eigenvalue weighted by molar-refractivity contribution is -0.0473. The van der Waals surface area contributed by atoms with E-state index in [1.165, 1.54) is 0 Å². The Balaban J connectivity index is 1.87. The fourth-order valence-electron chi connectivity index (χ4n) is 1.72. The molecule has 84 valence electrons. The molecule has 0 aliphatic carbocycles. The maximum absolute atomic E-state index is 5.43. The van der Waals surface area contributed by atoms with Crippen molar-refractivity contribution >= 4 is 16.8 Å². The Morgan fingerprint density at radius 3 is 2.88 bits per heavy atom. The number of aromatic nitrogens is 1. The minimum Gasteiger partial charge on any atom is -0.345 e. The van der Waals surface area contributed by atoms with Crippen molar-refractivity contribution in [2.45, 2.75) is 6.29 Å². The van der Waals surface area contributed by atoms with E-state index in [9.17, 15) is 0 Å². The second kappa shape index (κ2) is 4.53. The summed E-state index contributed by atoms with van der Waals surface area (Å²) in [7, 11) is 0. The van der Waals surface area contributed by atoms with E-state index < -0.39 is 0 Å². The normalized spacial score (nSPS) is 21.4. The molecule has 0 radical (unpaired) electrons. The molecule has 0 saturated carbocycles. The van der Waals surface area contributed by atoms with Crippen LogP contribution in [0.5, 0.6) is 0 Å². The fraction of sp³-hybridized carbons (Fsp3) is 0.455. The van der Waals surface area contributed by atoms with Crippen molar-refractivity contribution in [3.05, 3.63) is 29.6 Å². The summed E-state index contributed by atoms with van der Waals surface area (Å²) < 4.78 is 10.9. The Kier molecular flexibility index (Phi) is 2.90. The van der Waals surface area contributed by atoms with E-state index in [0.717, 1.165) is 28.7 Å². The number of hydrogen-bond donors (Lipinski definition) is 0. The first-order valence-electron chi connectivity index (χ1n) is 5.31. The van der Waals surface area contributed by atoms with E-state index in [1.807, 2.05) is 18.2 Å². The zero-order chi connectivity index (χ0) is 10.8. The number of nitrogens with zero attached hydrogens (tertiary/aromatic N) is 2. The van der Waals surface area contributed by atoms with Gasteiger partial charge in [0.2, 0.25) is 6.29 Å². The first-order valence-corrected chi connectivity index (χ1v) is 6.30. The summed E-state index contributed by atoms with van der Waals surface area (Å²) >= 11 is 1.75. The Morgan fingerprint density at radius 1 is 1.25 bits per heavy atom. The first kappa shape index (κ1) is 10.3. The minimum absolute atomic E-state index is 0.299. The highest BCUT2D eigenvalue weighted by molar-refractivity contribution is 8.14. The standard InChI is InChI=1S/C11H12N2O2S/c1-2-8(10-12-4-7-16-10)13-9(3-1)11-14-5-6-15-11/h1-3,11H,4-7H2. The van der Waals surface area contributed by atoms with Crippen molar-refractivity contribution in [1.29, 1.82) is 0 Å². The second-order valence-electron chi connectivity index (χ2n) is 3.56. The summed E-state index contributed by atoms with van der Waals surface area (Å²) in [6.07, 6.45) is -0.299. The van der Waals surface area contributed by atoms with Crippen molar-refractivity contribution in [2.75, 3.05) is 25.5 Å². The Bertz CT molecular complexity index is 416. The molecule has 1 fully saturated rings. The van der Waals surface area contributed by atoms with Crippen LogP contribution in [0.3, 0.4) is 0 Å². The Morgan fingerprint density at radius 2 is 2.12 bits per heavy atom. The van der Waals surface area contributed by atoms with Crippen molar-refractivity contribution in [2.24, 2.45) is 4.99 Å². The van der Waals surface area contributed by atoms with Crippen LogP contribution in [0.1, 0.15) is 17.7 Å². The molecular weight excluding hydrogens is 224 g/mol. The average Bonchev–Trinajstić information content (AvgIpc) is 3.03. The van der Waals surface area contributed by atoms with Gasteiger partial charge in [-0.2, -0.15) is 0 Å². The summed E-state index contributed by atoms with van der Waals surface area (Å²) in [5.41, 5.74) is 1.77. The Labute approximate surface area is 98.1 Å². The van der Waals surface area contributed by atoms with Crippen molar-refractivity contribution in [3.63, 3.8) is 0 Å². The third-order valence-corrected chi connectivity index (χ3v) is 3.44. The molecule has 0 N–H and O–H groups in total. The summed E-state index contributed by atoms with van der Waals surface area (Å²) in [4.78, 5) is 8.94. The van der Waals surface area contributed by atoms with Crippen molar-refractivity contribution < 1.29 is 9.47 Å². The lowest BCUT2D eigenvalue weighted by Crippen LogP contribution is -2.05. The molecule has 3 rings (SSSR count). The second-order valence-corrected chi connectivity index (χ2v) is 4.64. The Hall–Kier alpha value is -0.910. The molecule has 0 bridgehead atoms. The van der Waals surface area contributed by atoms with Gasteiger partial charge in [-0.15, -0.1) is 11.8 Å². The van der Waals surface area contributed by atoms with E-state index in [0.29, 0.717) is 13.2 Å².